The molecule has 1 amide bonds. The van der Waals surface area contributed by atoms with Crippen LogP contribution in [0.3, 0.4) is 0 Å². The molecule has 2 saturated carbocycles. The predicted octanol–water partition coefficient (Wildman–Crippen LogP) is 3.80. The van der Waals surface area contributed by atoms with Gasteiger partial charge in [-0.2, -0.15) is 0 Å². The number of nitrogens with two attached hydrogens (primary N) is 1. The lowest BCUT2D eigenvalue weighted by Crippen LogP contribution is -2.53. The lowest BCUT2D eigenvalue weighted by atomic mass is 9.67. The van der Waals surface area contributed by atoms with Crippen molar-refractivity contribution in [2.24, 2.45) is 17.6 Å². The number of fused-ring (bicyclic) bond motifs is 2. The normalized spacial score (nSPS) is 33.4. The van der Waals surface area contributed by atoms with Gasteiger partial charge in [0.05, 0.1) is 4.58 Å². The Labute approximate surface area is 152 Å². The Hall–Kier alpha value is -0.650. The predicted molar refractivity (Wildman–Crippen MR) is 103 cm³/mol. The summed E-state index contributed by atoms with van der Waals surface area (Å²) in [6.07, 6.45) is 5.85. The van der Waals surface area contributed by atoms with Gasteiger partial charge in [-0.05, 0) is 55.2 Å². The fourth-order valence-electron chi connectivity index (χ4n) is 4.60. The van der Waals surface area contributed by atoms with Gasteiger partial charge in [0.2, 0.25) is 0 Å². The van der Waals surface area contributed by atoms with Gasteiger partial charge in [-0.3, -0.25) is 4.79 Å². The molecule has 5 heteroatoms. The van der Waals surface area contributed by atoms with Crippen LogP contribution in [0.25, 0.3) is 0 Å². The highest BCUT2D eigenvalue weighted by Crippen LogP contribution is 2.45. The second-order valence-electron chi connectivity index (χ2n) is 7.38. The van der Waals surface area contributed by atoms with Gasteiger partial charge in [0, 0.05) is 29.2 Å². The van der Waals surface area contributed by atoms with Crippen molar-refractivity contribution >= 4 is 29.4 Å². The molecule has 2 bridgehead atoms. The molecule has 0 spiro atoms. The van der Waals surface area contributed by atoms with E-state index in [2.05, 4.69) is 17.4 Å². The molecule has 2 unspecified atom stereocenters. The van der Waals surface area contributed by atoms with Crippen LogP contribution in [0.2, 0.25) is 0 Å². The molecule has 3 fully saturated rings. The lowest BCUT2D eigenvalue weighted by Gasteiger charge is -2.45. The second kappa shape index (κ2) is 7.30. The summed E-state index contributed by atoms with van der Waals surface area (Å²) >= 11 is 4.00. The maximum Gasteiger partial charge on any atom is 0.251 e. The van der Waals surface area contributed by atoms with E-state index in [0.29, 0.717) is 28.5 Å². The first-order chi connectivity index (χ1) is 11.7. The highest BCUT2D eigenvalue weighted by molar-refractivity contribution is 8.19. The fraction of sp³-hybridized carbons (Fsp3) is 0.632. The molecule has 1 aromatic rings. The Morgan fingerprint density at radius 2 is 1.67 bits per heavy atom. The van der Waals surface area contributed by atoms with Gasteiger partial charge in [0.25, 0.3) is 5.91 Å². The number of nitrogens with one attached hydrogen (secondary N) is 1. The van der Waals surface area contributed by atoms with Crippen LogP contribution in [-0.2, 0) is 0 Å². The van der Waals surface area contributed by atoms with Gasteiger partial charge >= 0.3 is 0 Å². The Balaban J connectivity index is 1.42. The number of rotatable bonds is 3. The quantitative estimate of drug-likeness (QED) is 0.859. The molecule has 2 aliphatic carbocycles. The Bertz CT molecular complexity index is 572. The molecule has 1 heterocycles. The molecule has 1 aliphatic heterocycles. The molecule has 4 rings (SSSR count). The van der Waals surface area contributed by atoms with Crippen LogP contribution in [0.1, 0.15) is 52.6 Å². The van der Waals surface area contributed by atoms with Gasteiger partial charge in [-0.1, -0.05) is 18.6 Å². The molecule has 2 atom stereocenters. The monoisotopic (exact) mass is 362 g/mol. The van der Waals surface area contributed by atoms with E-state index in [0.717, 1.165) is 18.4 Å². The fourth-order valence-corrected chi connectivity index (χ4v) is 7.46. The number of thioether (sulfide) groups is 2. The van der Waals surface area contributed by atoms with Gasteiger partial charge in [-0.25, -0.2) is 0 Å². The van der Waals surface area contributed by atoms with E-state index in [-0.39, 0.29) is 5.91 Å². The van der Waals surface area contributed by atoms with Crippen molar-refractivity contribution in [2.45, 2.75) is 48.8 Å². The van der Waals surface area contributed by atoms with Crippen molar-refractivity contribution in [1.29, 1.82) is 0 Å². The first-order valence-electron chi connectivity index (χ1n) is 9.10. The first kappa shape index (κ1) is 16.8. The Morgan fingerprint density at radius 1 is 1.04 bits per heavy atom. The second-order valence-corrected chi connectivity index (χ2v) is 10.1. The average molecular weight is 363 g/mol. The standard InChI is InChI=1S/C19H26N2OS2/c20-16-10-14-2-1-3-15(11-16)17(14)21-18(22)12-4-6-13(7-5-12)19-23-8-9-24-19/h4-7,14-17,19H,1-3,8-11,20H2,(H,21,22). The Morgan fingerprint density at radius 3 is 2.29 bits per heavy atom. The molecule has 3 N–H and O–H groups in total. The van der Waals surface area contributed by atoms with Crippen LogP contribution in [0.5, 0.6) is 0 Å². The third kappa shape index (κ3) is 3.49. The summed E-state index contributed by atoms with van der Waals surface area (Å²) in [5, 5.41) is 3.34. The van der Waals surface area contributed by atoms with Crippen LogP contribution in [0, 0.1) is 11.8 Å². The van der Waals surface area contributed by atoms with Gasteiger partial charge in [-0.15, -0.1) is 23.5 Å². The van der Waals surface area contributed by atoms with Gasteiger partial charge < -0.3 is 11.1 Å². The summed E-state index contributed by atoms with van der Waals surface area (Å²) in [6, 6.07) is 8.90. The summed E-state index contributed by atoms with van der Waals surface area (Å²) in [5.41, 5.74) is 8.31. The summed E-state index contributed by atoms with van der Waals surface area (Å²) in [4.78, 5) is 12.7. The largest absolute Gasteiger partial charge is 0.349 e. The van der Waals surface area contributed by atoms with Crippen molar-refractivity contribution in [3.63, 3.8) is 0 Å². The van der Waals surface area contributed by atoms with Crippen molar-refractivity contribution in [3.05, 3.63) is 35.4 Å². The van der Waals surface area contributed by atoms with E-state index in [1.54, 1.807) is 0 Å². The number of hydrogen-bond donors (Lipinski definition) is 2. The van der Waals surface area contributed by atoms with E-state index in [1.807, 2.05) is 35.7 Å². The molecule has 3 nitrogen and oxygen atoms in total. The van der Waals surface area contributed by atoms with Crippen LogP contribution in [-0.4, -0.2) is 29.5 Å². The maximum absolute atomic E-state index is 12.7. The number of amides is 1. The molecule has 1 saturated heterocycles. The zero-order valence-corrected chi connectivity index (χ0v) is 15.6. The molecule has 3 aliphatic rings. The number of hydrogen-bond acceptors (Lipinski definition) is 4. The number of carbonyl (C=O) groups excluding carboxylic acids is 1. The zero-order valence-electron chi connectivity index (χ0n) is 13.9. The molecule has 130 valence electrons. The highest BCUT2D eigenvalue weighted by Gasteiger charge is 2.39. The summed E-state index contributed by atoms with van der Waals surface area (Å²) < 4.78 is 0.543. The number of benzene rings is 1. The highest BCUT2D eigenvalue weighted by atomic mass is 32.2. The average Bonchev–Trinajstić information content (AvgIpc) is 3.10. The van der Waals surface area contributed by atoms with E-state index in [9.17, 15) is 4.79 Å². The Kier molecular flexibility index (Phi) is 5.11. The minimum atomic E-state index is 0.0886. The number of carbonyl (C=O) groups is 1. The minimum Gasteiger partial charge on any atom is -0.349 e. The molecule has 1 aromatic carbocycles. The molecule has 0 radical (unpaired) electrons. The van der Waals surface area contributed by atoms with Crippen LogP contribution in [0.4, 0.5) is 0 Å². The summed E-state index contributed by atoms with van der Waals surface area (Å²) in [6.45, 7) is 0. The van der Waals surface area contributed by atoms with Gasteiger partial charge in [0.15, 0.2) is 0 Å². The maximum atomic E-state index is 12.7. The first-order valence-corrected chi connectivity index (χ1v) is 11.2. The van der Waals surface area contributed by atoms with Crippen molar-refractivity contribution in [3.8, 4) is 0 Å². The van der Waals surface area contributed by atoms with E-state index >= 15 is 0 Å². The minimum absolute atomic E-state index is 0.0886. The summed E-state index contributed by atoms with van der Waals surface area (Å²) in [5.74, 6) is 3.68. The van der Waals surface area contributed by atoms with E-state index < -0.39 is 0 Å². The van der Waals surface area contributed by atoms with Gasteiger partial charge in [0.1, 0.15) is 0 Å². The molecule has 0 aromatic heterocycles. The summed E-state index contributed by atoms with van der Waals surface area (Å²) in [7, 11) is 0. The zero-order chi connectivity index (χ0) is 16.5. The molecular weight excluding hydrogens is 336 g/mol. The van der Waals surface area contributed by atoms with Crippen molar-refractivity contribution < 1.29 is 4.79 Å². The SMILES string of the molecule is NC1CC2CCCC(C1)C2NC(=O)c1ccc(C2SCCS2)cc1. The van der Waals surface area contributed by atoms with E-state index in [4.69, 9.17) is 5.73 Å². The lowest BCUT2D eigenvalue weighted by molar-refractivity contribution is 0.0756. The molecular formula is C19H26N2OS2. The van der Waals surface area contributed by atoms with Crippen LogP contribution < -0.4 is 11.1 Å². The third-order valence-corrected chi connectivity index (χ3v) is 8.85. The van der Waals surface area contributed by atoms with E-state index in [1.165, 1.54) is 36.3 Å². The smallest absolute Gasteiger partial charge is 0.251 e. The topological polar surface area (TPSA) is 55.1 Å². The van der Waals surface area contributed by atoms with Crippen LogP contribution in [0.15, 0.2) is 24.3 Å². The van der Waals surface area contributed by atoms with Crippen molar-refractivity contribution in [1.82, 2.24) is 5.32 Å². The third-order valence-electron chi connectivity index (χ3n) is 5.74. The van der Waals surface area contributed by atoms with Crippen LogP contribution >= 0.6 is 23.5 Å². The molecule has 24 heavy (non-hydrogen) atoms. The van der Waals surface area contributed by atoms with Crippen molar-refractivity contribution in [2.75, 3.05) is 11.5 Å².